The number of amides is 1. The Labute approximate surface area is 145 Å². The summed E-state index contributed by atoms with van der Waals surface area (Å²) in [4.78, 5) is 22.4. The second-order valence-electron chi connectivity index (χ2n) is 6.28. The first-order valence-corrected chi connectivity index (χ1v) is 8.39. The van der Waals surface area contributed by atoms with Gasteiger partial charge in [-0.05, 0) is 30.2 Å². The lowest BCUT2D eigenvalue weighted by Crippen LogP contribution is -2.36. The van der Waals surface area contributed by atoms with Crippen molar-refractivity contribution >= 4 is 16.9 Å². The van der Waals surface area contributed by atoms with Crippen LogP contribution in [0.3, 0.4) is 0 Å². The van der Waals surface area contributed by atoms with Crippen molar-refractivity contribution in [1.82, 2.24) is 14.9 Å². The first kappa shape index (κ1) is 15.8. The number of fused-ring (bicyclic) bond motifs is 1. The van der Waals surface area contributed by atoms with E-state index in [4.69, 9.17) is 9.15 Å². The zero-order valence-corrected chi connectivity index (χ0v) is 13.8. The van der Waals surface area contributed by atoms with Crippen molar-refractivity contribution in [2.24, 2.45) is 5.92 Å². The summed E-state index contributed by atoms with van der Waals surface area (Å²) in [5.41, 5.74) is 2.50. The minimum Gasteiger partial charge on any atom is -0.464 e. The van der Waals surface area contributed by atoms with Gasteiger partial charge in [0.2, 0.25) is 0 Å². The highest BCUT2D eigenvalue weighted by atomic mass is 16.5. The molecule has 3 heterocycles. The molecular formula is C19H19N3O3. The average molecular weight is 337 g/mol. The Morgan fingerprint density at radius 3 is 3.12 bits per heavy atom. The third kappa shape index (κ3) is 3.53. The van der Waals surface area contributed by atoms with E-state index in [1.54, 1.807) is 18.5 Å². The van der Waals surface area contributed by atoms with Crippen LogP contribution in [0.2, 0.25) is 0 Å². The SMILES string of the molecule is O=C(c1ccncn1)N1CCOC[C@@H](Cc2ccc3ccoc3c2)C1. The van der Waals surface area contributed by atoms with Gasteiger partial charge in [-0.3, -0.25) is 4.79 Å². The number of carbonyl (C=O) groups excluding carboxylic acids is 1. The summed E-state index contributed by atoms with van der Waals surface area (Å²) in [5.74, 6) is 0.167. The van der Waals surface area contributed by atoms with Crippen molar-refractivity contribution in [2.75, 3.05) is 26.3 Å². The van der Waals surface area contributed by atoms with Crippen molar-refractivity contribution in [3.63, 3.8) is 0 Å². The number of hydrogen-bond donors (Lipinski definition) is 0. The van der Waals surface area contributed by atoms with Gasteiger partial charge in [-0.25, -0.2) is 9.97 Å². The molecule has 6 heteroatoms. The van der Waals surface area contributed by atoms with Gasteiger partial charge in [0.15, 0.2) is 0 Å². The van der Waals surface area contributed by atoms with Gasteiger partial charge in [-0.15, -0.1) is 0 Å². The summed E-state index contributed by atoms with van der Waals surface area (Å²) in [7, 11) is 0. The Hall–Kier alpha value is -2.73. The fraction of sp³-hybridized carbons (Fsp3) is 0.316. The Morgan fingerprint density at radius 2 is 2.24 bits per heavy atom. The maximum atomic E-state index is 12.7. The molecule has 1 aliphatic rings. The lowest BCUT2D eigenvalue weighted by Gasteiger charge is -2.23. The molecule has 128 valence electrons. The lowest BCUT2D eigenvalue weighted by atomic mass is 9.99. The van der Waals surface area contributed by atoms with E-state index in [-0.39, 0.29) is 11.8 Å². The monoisotopic (exact) mass is 337 g/mol. The van der Waals surface area contributed by atoms with Crippen LogP contribution in [0, 0.1) is 5.92 Å². The molecule has 1 atom stereocenters. The van der Waals surface area contributed by atoms with Crippen LogP contribution in [0.5, 0.6) is 0 Å². The van der Waals surface area contributed by atoms with Crippen LogP contribution in [0.15, 0.2) is 53.5 Å². The molecule has 3 aromatic rings. The number of hydrogen-bond acceptors (Lipinski definition) is 5. The molecule has 0 unspecified atom stereocenters. The number of aromatic nitrogens is 2. The molecular weight excluding hydrogens is 318 g/mol. The van der Waals surface area contributed by atoms with E-state index in [0.29, 0.717) is 32.0 Å². The average Bonchev–Trinajstić information content (AvgIpc) is 2.99. The number of rotatable bonds is 3. The first-order chi connectivity index (χ1) is 12.3. The van der Waals surface area contributed by atoms with Crippen molar-refractivity contribution < 1.29 is 13.9 Å². The molecule has 0 spiro atoms. The van der Waals surface area contributed by atoms with E-state index < -0.39 is 0 Å². The van der Waals surface area contributed by atoms with E-state index in [2.05, 4.69) is 28.2 Å². The molecule has 6 nitrogen and oxygen atoms in total. The minimum absolute atomic E-state index is 0.0700. The molecule has 2 aromatic heterocycles. The van der Waals surface area contributed by atoms with Crippen molar-refractivity contribution in [1.29, 1.82) is 0 Å². The molecule has 0 bridgehead atoms. The smallest absolute Gasteiger partial charge is 0.272 e. The van der Waals surface area contributed by atoms with Gasteiger partial charge in [-0.1, -0.05) is 12.1 Å². The summed E-state index contributed by atoms with van der Waals surface area (Å²) in [6, 6.07) is 9.84. The summed E-state index contributed by atoms with van der Waals surface area (Å²) >= 11 is 0. The van der Waals surface area contributed by atoms with Gasteiger partial charge in [0, 0.05) is 30.6 Å². The largest absolute Gasteiger partial charge is 0.464 e. The highest BCUT2D eigenvalue weighted by Crippen LogP contribution is 2.21. The molecule has 25 heavy (non-hydrogen) atoms. The predicted octanol–water partition coefficient (Wildman–Crippen LogP) is 2.55. The summed E-state index contributed by atoms with van der Waals surface area (Å²) < 4.78 is 11.2. The first-order valence-electron chi connectivity index (χ1n) is 8.39. The topological polar surface area (TPSA) is 68.5 Å². The van der Waals surface area contributed by atoms with E-state index in [0.717, 1.165) is 17.4 Å². The number of carbonyl (C=O) groups is 1. The van der Waals surface area contributed by atoms with Gasteiger partial charge in [0.05, 0.1) is 19.5 Å². The van der Waals surface area contributed by atoms with Crippen LogP contribution in [0.4, 0.5) is 0 Å². The van der Waals surface area contributed by atoms with Crippen LogP contribution in [-0.4, -0.2) is 47.1 Å². The van der Waals surface area contributed by atoms with Crippen LogP contribution < -0.4 is 0 Å². The fourth-order valence-corrected chi connectivity index (χ4v) is 3.23. The Morgan fingerprint density at radius 1 is 1.28 bits per heavy atom. The zero-order chi connectivity index (χ0) is 17.1. The van der Waals surface area contributed by atoms with Gasteiger partial charge >= 0.3 is 0 Å². The van der Waals surface area contributed by atoms with Crippen molar-refractivity contribution in [3.8, 4) is 0 Å². The third-order valence-electron chi connectivity index (χ3n) is 4.47. The van der Waals surface area contributed by atoms with Crippen LogP contribution in [-0.2, 0) is 11.2 Å². The Balaban J connectivity index is 1.48. The predicted molar refractivity (Wildman–Crippen MR) is 92.2 cm³/mol. The molecule has 1 saturated heterocycles. The van der Waals surface area contributed by atoms with Crippen molar-refractivity contribution in [2.45, 2.75) is 6.42 Å². The minimum atomic E-state index is -0.0700. The highest BCUT2D eigenvalue weighted by Gasteiger charge is 2.24. The molecule has 0 N–H and O–H groups in total. The van der Waals surface area contributed by atoms with Crippen LogP contribution in [0.25, 0.3) is 11.0 Å². The van der Waals surface area contributed by atoms with Gasteiger partial charge in [0.25, 0.3) is 5.91 Å². The van der Waals surface area contributed by atoms with E-state index >= 15 is 0 Å². The quantitative estimate of drug-likeness (QED) is 0.735. The summed E-state index contributed by atoms with van der Waals surface area (Å²) in [5, 5.41) is 1.10. The second-order valence-corrected chi connectivity index (χ2v) is 6.28. The zero-order valence-electron chi connectivity index (χ0n) is 13.8. The van der Waals surface area contributed by atoms with E-state index in [1.165, 1.54) is 11.9 Å². The van der Waals surface area contributed by atoms with E-state index in [1.807, 2.05) is 11.0 Å². The number of furan rings is 1. The molecule has 4 rings (SSSR count). The highest BCUT2D eigenvalue weighted by molar-refractivity contribution is 5.92. The molecule has 0 saturated carbocycles. The Bertz CT molecular complexity index is 862. The summed E-state index contributed by atoms with van der Waals surface area (Å²) in [6.07, 6.45) is 5.53. The normalized spacial score (nSPS) is 18.2. The number of benzene rings is 1. The fourth-order valence-electron chi connectivity index (χ4n) is 3.23. The number of nitrogens with zero attached hydrogens (tertiary/aromatic N) is 3. The molecule has 1 amide bonds. The van der Waals surface area contributed by atoms with E-state index in [9.17, 15) is 4.79 Å². The second kappa shape index (κ2) is 7.03. The van der Waals surface area contributed by atoms with Crippen molar-refractivity contribution in [3.05, 3.63) is 60.4 Å². The number of ether oxygens (including phenoxy) is 1. The molecule has 0 radical (unpaired) electrons. The molecule has 1 aliphatic heterocycles. The molecule has 1 fully saturated rings. The van der Waals surface area contributed by atoms with Gasteiger partial charge < -0.3 is 14.1 Å². The molecule has 1 aromatic carbocycles. The standard InChI is InChI=1S/C19H19N3O3/c23-19(17-3-5-20-13-21-17)22-6-8-24-12-15(11-22)9-14-1-2-16-4-7-25-18(16)10-14/h1-5,7,10,13,15H,6,8-9,11-12H2/t15-/m0/s1. The summed E-state index contributed by atoms with van der Waals surface area (Å²) in [6.45, 7) is 2.42. The molecule has 0 aliphatic carbocycles. The van der Waals surface area contributed by atoms with Crippen LogP contribution in [0.1, 0.15) is 16.1 Å². The third-order valence-corrected chi connectivity index (χ3v) is 4.47. The van der Waals surface area contributed by atoms with Gasteiger partial charge in [0.1, 0.15) is 17.6 Å². The maximum absolute atomic E-state index is 12.7. The van der Waals surface area contributed by atoms with Crippen LogP contribution >= 0.6 is 0 Å². The Kier molecular flexibility index (Phi) is 4.43. The lowest BCUT2D eigenvalue weighted by molar-refractivity contribution is 0.0731. The van der Waals surface area contributed by atoms with Gasteiger partial charge in [-0.2, -0.15) is 0 Å². The maximum Gasteiger partial charge on any atom is 0.272 e.